The number of ether oxygens (including phenoxy) is 1. The van der Waals surface area contributed by atoms with Crippen LogP contribution in [0.5, 0.6) is 0 Å². The minimum absolute atomic E-state index is 0.435. The van der Waals surface area contributed by atoms with Crippen molar-refractivity contribution in [3.05, 3.63) is 23.4 Å². The molecule has 0 fully saturated rings. The van der Waals surface area contributed by atoms with E-state index in [0.717, 1.165) is 19.3 Å². The van der Waals surface area contributed by atoms with Crippen LogP contribution in [-0.4, -0.2) is 17.7 Å². The van der Waals surface area contributed by atoms with E-state index in [2.05, 4.69) is 17.2 Å². The summed E-state index contributed by atoms with van der Waals surface area (Å²) in [6.45, 7) is 2.53. The van der Waals surface area contributed by atoms with Crippen molar-refractivity contribution in [1.29, 1.82) is 0 Å². The lowest BCUT2D eigenvalue weighted by molar-refractivity contribution is 0.159. The largest absolute Gasteiger partial charge is 0.449 e. The van der Waals surface area contributed by atoms with Crippen LogP contribution in [0, 0.1) is 0 Å². The molecule has 1 heterocycles. The van der Waals surface area contributed by atoms with Gasteiger partial charge in [0.05, 0.1) is 11.6 Å². The number of halogens is 1. The summed E-state index contributed by atoms with van der Waals surface area (Å²) in [5, 5.41) is 3.04. The second-order valence-corrected chi connectivity index (χ2v) is 3.77. The lowest BCUT2D eigenvalue weighted by Gasteiger charge is -2.05. The maximum absolute atomic E-state index is 11.3. The normalized spacial score (nSPS) is 9.88. The first-order valence-electron chi connectivity index (χ1n) is 5.27. The minimum Gasteiger partial charge on any atom is -0.449 e. The van der Waals surface area contributed by atoms with E-state index in [1.807, 2.05) is 0 Å². The zero-order valence-electron chi connectivity index (χ0n) is 9.20. The van der Waals surface area contributed by atoms with Crippen LogP contribution in [0.2, 0.25) is 5.02 Å². The molecule has 0 radical (unpaired) electrons. The Hall–Kier alpha value is -1.29. The number of nitrogens with one attached hydrogen (secondary N) is 1. The molecule has 5 heteroatoms. The molecule has 0 aliphatic rings. The number of hydrogen-bond donors (Lipinski definition) is 1. The van der Waals surface area contributed by atoms with Crippen LogP contribution in [0.25, 0.3) is 0 Å². The molecule has 0 aliphatic heterocycles. The number of hydrogen-bond acceptors (Lipinski definition) is 3. The average molecular weight is 243 g/mol. The summed E-state index contributed by atoms with van der Waals surface area (Å²) in [4.78, 5) is 15.2. The van der Waals surface area contributed by atoms with E-state index in [0.29, 0.717) is 17.4 Å². The van der Waals surface area contributed by atoms with Gasteiger partial charge in [-0.1, -0.05) is 31.4 Å². The Labute approximate surface area is 100.0 Å². The first-order chi connectivity index (χ1) is 7.72. The highest BCUT2D eigenvalue weighted by atomic mass is 35.5. The van der Waals surface area contributed by atoms with Crippen LogP contribution >= 0.6 is 11.6 Å². The molecule has 16 heavy (non-hydrogen) atoms. The van der Waals surface area contributed by atoms with Crippen molar-refractivity contribution < 1.29 is 9.53 Å². The Morgan fingerprint density at radius 2 is 2.31 bits per heavy atom. The number of rotatable bonds is 5. The molecular formula is C11H15ClN2O2. The van der Waals surface area contributed by atoms with E-state index in [1.54, 1.807) is 12.1 Å². The minimum atomic E-state index is -0.481. The molecule has 0 atom stereocenters. The number of pyridine rings is 1. The predicted molar refractivity (Wildman–Crippen MR) is 63.7 cm³/mol. The molecule has 0 saturated heterocycles. The van der Waals surface area contributed by atoms with Gasteiger partial charge in [0.15, 0.2) is 0 Å². The molecule has 1 aromatic heterocycles. The van der Waals surface area contributed by atoms with Gasteiger partial charge in [0.25, 0.3) is 0 Å². The smallest absolute Gasteiger partial charge is 0.412 e. The van der Waals surface area contributed by atoms with Gasteiger partial charge in [-0.25, -0.2) is 9.78 Å². The van der Waals surface area contributed by atoms with Gasteiger partial charge in [0.2, 0.25) is 0 Å². The van der Waals surface area contributed by atoms with Gasteiger partial charge in [0.1, 0.15) is 5.82 Å². The highest BCUT2D eigenvalue weighted by Gasteiger charge is 2.03. The molecule has 0 spiro atoms. The second-order valence-electron chi connectivity index (χ2n) is 3.33. The molecule has 0 saturated carbocycles. The number of carbonyl (C=O) groups is 1. The van der Waals surface area contributed by atoms with Crippen LogP contribution in [-0.2, 0) is 4.74 Å². The number of aromatic nitrogens is 1. The molecule has 1 amide bonds. The molecule has 1 N–H and O–H groups in total. The van der Waals surface area contributed by atoms with Crippen molar-refractivity contribution in [1.82, 2.24) is 4.98 Å². The molecule has 1 aromatic rings. The van der Waals surface area contributed by atoms with Gasteiger partial charge in [-0.2, -0.15) is 0 Å². The number of amides is 1. The fraction of sp³-hybridized carbons (Fsp3) is 0.455. The molecule has 1 rings (SSSR count). The molecule has 0 bridgehead atoms. The van der Waals surface area contributed by atoms with Gasteiger partial charge in [-0.3, -0.25) is 5.32 Å². The molecule has 0 unspecified atom stereocenters. The van der Waals surface area contributed by atoms with Crippen LogP contribution < -0.4 is 5.32 Å². The number of unbranched alkanes of at least 4 members (excludes halogenated alkanes) is 2. The zero-order valence-corrected chi connectivity index (χ0v) is 9.96. The van der Waals surface area contributed by atoms with E-state index < -0.39 is 6.09 Å². The molecule has 88 valence electrons. The van der Waals surface area contributed by atoms with E-state index >= 15 is 0 Å². The van der Waals surface area contributed by atoms with Gasteiger partial charge in [0, 0.05) is 6.20 Å². The van der Waals surface area contributed by atoms with Crippen molar-refractivity contribution >= 4 is 23.5 Å². The summed E-state index contributed by atoms with van der Waals surface area (Å²) in [7, 11) is 0. The first-order valence-corrected chi connectivity index (χ1v) is 5.65. The van der Waals surface area contributed by atoms with E-state index in [1.165, 1.54) is 6.20 Å². The van der Waals surface area contributed by atoms with Crippen LogP contribution in [0.4, 0.5) is 10.6 Å². The van der Waals surface area contributed by atoms with Crippen LogP contribution in [0.3, 0.4) is 0 Å². The third-order valence-electron chi connectivity index (χ3n) is 1.94. The zero-order chi connectivity index (χ0) is 11.8. The monoisotopic (exact) mass is 242 g/mol. The fourth-order valence-corrected chi connectivity index (χ4v) is 1.22. The third-order valence-corrected chi connectivity index (χ3v) is 2.16. The lowest BCUT2D eigenvalue weighted by Crippen LogP contribution is -2.15. The van der Waals surface area contributed by atoms with Gasteiger partial charge < -0.3 is 4.74 Å². The van der Waals surface area contributed by atoms with E-state index in [4.69, 9.17) is 16.3 Å². The van der Waals surface area contributed by atoms with Gasteiger partial charge >= 0.3 is 6.09 Å². The molecular weight excluding hydrogens is 228 g/mol. The maximum Gasteiger partial charge on any atom is 0.412 e. The second kappa shape index (κ2) is 7.06. The van der Waals surface area contributed by atoms with Gasteiger partial charge in [-0.15, -0.1) is 0 Å². The Balaban J connectivity index is 2.26. The van der Waals surface area contributed by atoms with Gasteiger partial charge in [-0.05, 0) is 18.6 Å². The van der Waals surface area contributed by atoms with Crippen molar-refractivity contribution in [2.75, 3.05) is 11.9 Å². The quantitative estimate of drug-likeness (QED) is 0.805. The highest BCUT2D eigenvalue weighted by Crippen LogP contribution is 2.09. The summed E-state index contributed by atoms with van der Waals surface area (Å²) in [6, 6.07) is 3.27. The number of carbonyl (C=O) groups excluding carboxylic acids is 1. The highest BCUT2D eigenvalue weighted by molar-refractivity contribution is 6.30. The fourth-order valence-electron chi connectivity index (χ4n) is 1.11. The Morgan fingerprint density at radius 1 is 1.50 bits per heavy atom. The lowest BCUT2D eigenvalue weighted by atomic mass is 10.3. The summed E-state index contributed by atoms with van der Waals surface area (Å²) in [6.07, 6.45) is 4.04. The predicted octanol–water partition coefficient (Wildman–Crippen LogP) is 3.47. The number of anilines is 1. The number of nitrogens with zero attached hydrogens (tertiary/aromatic N) is 1. The third kappa shape index (κ3) is 4.98. The van der Waals surface area contributed by atoms with Crippen molar-refractivity contribution in [3.63, 3.8) is 0 Å². The van der Waals surface area contributed by atoms with Crippen LogP contribution in [0.1, 0.15) is 26.2 Å². The summed E-state index contributed by atoms with van der Waals surface area (Å²) in [5.41, 5.74) is 0. The van der Waals surface area contributed by atoms with E-state index in [9.17, 15) is 4.79 Å². The van der Waals surface area contributed by atoms with Crippen molar-refractivity contribution in [2.24, 2.45) is 0 Å². The Bertz CT molecular complexity index is 327. The maximum atomic E-state index is 11.3. The average Bonchev–Trinajstić information content (AvgIpc) is 2.28. The standard InChI is InChI=1S/C11H15ClN2O2/c1-2-3-4-7-16-11(15)14-10-6-5-9(12)8-13-10/h5-6,8H,2-4,7H2,1H3,(H,13,14,15). The topological polar surface area (TPSA) is 51.2 Å². The SMILES string of the molecule is CCCCCOC(=O)Nc1ccc(Cl)cn1. The van der Waals surface area contributed by atoms with E-state index in [-0.39, 0.29) is 0 Å². The molecule has 4 nitrogen and oxygen atoms in total. The molecule has 0 aromatic carbocycles. The summed E-state index contributed by atoms with van der Waals surface area (Å²) >= 11 is 5.66. The Kier molecular flexibility index (Phi) is 5.64. The summed E-state index contributed by atoms with van der Waals surface area (Å²) < 4.78 is 4.96. The van der Waals surface area contributed by atoms with Crippen molar-refractivity contribution in [3.8, 4) is 0 Å². The molecule has 0 aliphatic carbocycles. The van der Waals surface area contributed by atoms with Crippen LogP contribution in [0.15, 0.2) is 18.3 Å². The first kappa shape index (κ1) is 12.8. The van der Waals surface area contributed by atoms with Crippen molar-refractivity contribution in [2.45, 2.75) is 26.2 Å². The Morgan fingerprint density at radius 3 is 2.94 bits per heavy atom. The summed E-state index contributed by atoms with van der Waals surface area (Å²) in [5.74, 6) is 0.435.